The van der Waals surface area contributed by atoms with Gasteiger partial charge in [-0.3, -0.25) is 0 Å². The van der Waals surface area contributed by atoms with Gasteiger partial charge in [-0.15, -0.1) is 11.3 Å². The molecule has 0 bridgehead atoms. The smallest absolute Gasteiger partial charge is 0.374 e. The van der Waals surface area contributed by atoms with E-state index in [1.54, 1.807) is 22.3 Å². The van der Waals surface area contributed by atoms with E-state index in [1.165, 1.54) is 12.1 Å². The third kappa shape index (κ3) is 7.43. The van der Waals surface area contributed by atoms with Gasteiger partial charge in [0, 0.05) is 59.6 Å². The summed E-state index contributed by atoms with van der Waals surface area (Å²) in [4.78, 5) is 3.96. The minimum absolute atomic E-state index is 0.137. The van der Waals surface area contributed by atoms with Crippen molar-refractivity contribution in [1.29, 1.82) is 0 Å². The number of anilines is 6. The number of hydrogen-bond donors (Lipinski definition) is 0. The molecule has 63 heavy (non-hydrogen) atoms. The molecule has 1 heterocycles. The van der Waals surface area contributed by atoms with Gasteiger partial charge in [0.15, 0.2) is 5.75 Å². The van der Waals surface area contributed by atoms with Gasteiger partial charge in [-0.25, -0.2) is 0 Å². The van der Waals surface area contributed by atoms with Crippen molar-refractivity contribution in [1.82, 2.24) is 0 Å². The molecule has 10 rings (SSSR count). The van der Waals surface area contributed by atoms with Crippen LogP contribution in [0.3, 0.4) is 0 Å². The predicted molar refractivity (Wildman–Crippen MR) is 253 cm³/mol. The average Bonchev–Trinajstić information content (AvgIpc) is 3.69. The molecule has 0 aliphatic heterocycles. The van der Waals surface area contributed by atoms with Crippen LogP contribution in [0.15, 0.2) is 212 Å². The van der Waals surface area contributed by atoms with Crippen molar-refractivity contribution in [2.75, 3.05) is 9.80 Å². The average molecular weight is 869 g/mol. The van der Waals surface area contributed by atoms with Crippen LogP contribution in [0, 0.1) is 0 Å². The van der Waals surface area contributed by atoms with Crippen LogP contribution in [0.2, 0.25) is 0 Å². The van der Waals surface area contributed by atoms with E-state index in [2.05, 4.69) is 77.7 Å². The van der Waals surface area contributed by atoms with Crippen LogP contribution < -0.4 is 14.0 Å². The van der Waals surface area contributed by atoms with Gasteiger partial charge in [0.05, 0.1) is 5.69 Å². The lowest BCUT2D eigenvalue weighted by Gasteiger charge is -2.29. The highest BCUT2D eigenvalue weighted by atomic mass is 32.2. The number of nitrogens with zero attached hydrogens (tertiary/aromatic N) is 2. The molecule has 1 aromatic heterocycles. The Morgan fingerprint density at radius 2 is 0.889 bits per heavy atom. The number of rotatable bonds is 10. The predicted octanol–water partition coefficient (Wildman–Crippen LogP) is 15.7. The quantitative estimate of drug-likeness (QED) is 0.101. The second-order valence-electron chi connectivity index (χ2n) is 14.9. The maximum Gasteiger partial charge on any atom is 0.534 e. The Hall–Kier alpha value is -7.40. The van der Waals surface area contributed by atoms with E-state index in [0.29, 0.717) is 22.5 Å². The summed E-state index contributed by atoms with van der Waals surface area (Å²) in [5, 5.41) is 3.97. The Labute approximate surface area is 366 Å². The largest absolute Gasteiger partial charge is 0.534 e. The fourth-order valence-corrected chi connectivity index (χ4v) is 9.91. The first-order chi connectivity index (χ1) is 30.6. The SMILES string of the molecule is O=S(=O)(Oc1cccc(-c2cccc3c2ccc2c4ccc(-c5ccc(N(c6ccccc6)c6ccccc6)cc5)cc4sc32)c1N(c1ccccc1)c1ccccc1)C(F)(F)F. The van der Waals surface area contributed by atoms with Gasteiger partial charge in [0.1, 0.15) is 0 Å². The Kier molecular flexibility index (Phi) is 10.2. The highest BCUT2D eigenvalue weighted by molar-refractivity contribution is 7.88. The zero-order chi connectivity index (χ0) is 43.1. The molecule has 0 saturated carbocycles. The van der Waals surface area contributed by atoms with Crippen LogP contribution in [0.4, 0.5) is 47.3 Å². The van der Waals surface area contributed by atoms with Gasteiger partial charge in [-0.2, -0.15) is 21.6 Å². The minimum atomic E-state index is -6.04. The van der Waals surface area contributed by atoms with Crippen molar-refractivity contribution in [3.05, 3.63) is 212 Å². The van der Waals surface area contributed by atoms with Gasteiger partial charge in [0.25, 0.3) is 0 Å². The Bertz CT molecular complexity index is 3290. The number of hydrogen-bond acceptors (Lipinski definition) is 6. The lowest BCUT2D eigenvalue weighted by molar-refractivity contribution is -0.0499. The van der Waals surface area contributed by atoms with E-state index in [9.17, 15) is 21.6 Å². The van der Waals surface area contributed by atoms with Gasteiger partial charge < -0.3 is 14.0 Å². The van der Waals surface area contributed by atoms with Crippen LogP contribution in [0.25, 0.3) is 53.2 Å². The van der Waals surface area contributed by atoms with Gasteiger partial charge in [-0.05, 0) is 94.9 Å². The topological polar surface area (TPSA) is 49.9 Å². The fraction of sp³-hybridized carbons (Fsp3) is 0.0189. The molecule has 0 aliphatic rings. The van der Waals surface area contributed by atoms with Crippen molar-refractivity contribution >= 4 is 86.5 Å². The fourth-order valence-electron chi connectivity index (χ4n) is 8.17. The second-order valence-corrected chi connectivity index (χ2v) is 17.4. The summed E-state index contributed by atoms with van der Waals surface area (Å²) in [7, 11) is -6.04. The van der Waals surface area contributed by atoms with E-state index in [1.807, 2.05) is 121 Å². The minimum Gasteiger partial charge on any atom is -0.374 e. The first kappa shape index (κ1) is 39.7. The summed E-state index contributed by atoms with van der Waals surface area (Å²) >= 11 is 1.68. The molecule has 10 heteroatoms. The standard InChI is InChI=1S/C53H35F3N2O3S2/c54-53(55,56)63(59,60)61-49-26-14-24-46(51(49)58(40-19-9-3-10-20-40)41-21-11-4-12-22-41)43-23-13-25-47-44(43)33-34-48-45-32-29-37(35-50(45)62-52(47)48)36-27-30-42(31-28-36)57(38-15-5-1-6-16-38)39-17-7-2-8-18-39/h1-35H. The monoisotopic (exact) mass is 868 g/mol. The number of thiophene rings is 1. The van der Waals surface area contributed by atoms with E-state index >= 15 is 0 Å². The highest BCUT2D eigenvalue weighted by Gasteiger charge is 2.49. The number of fused-ring (bicyclic) bond motifs is 5. The lowest BCUT2D eigenvalue weighted by Crippen LogP contribution is -2.28. The van der Waals surface area contributed by atoms with E-state index in [4.69, 9.17) is 4.18 Å². The van der Waals surface area contributed by atoms with E-state index in [-0.39, 0.29) is 5.69 Å². The summed E-state index contributed by atoms with van der Waals surface area (Å²) < 4.78 is 74.3. The summed E-state index contributed by atoms with van der Waals surface area (Å²) in [6.45, 7) is 0. The summed E-state index contributed by atoms with van der Waals surface area (Å²) in [5.74, 6) is -0.467. The molecule has 9 aromatic carbocycles. The van der Waals surface area contributed by atoms with Crippen molar-refractivity contribution in [2.24, 2.45) is 0 Å². The third-order valence-corrected chi connectivity index (χ3v) is 13.2. The first-order valence-electron chi connectivity index (χ1n) is 20.1. The maximum absolute atomic E-state index is 13.9. The Morgan fingerprint density at radius 3 is 1.46 bits per heavy atom. The molecular weight excluding hydrogens is 834 g/mol. The molecule has 0 unspecified atom stereocenters. The molecule has 0 spiro atoms. The summed E-state index contributed by atoms with van der Waals surface area (Å²) in [6, 6.07) is 68.3. The molecule has 308 valence electrons. The summed E-state index contributed by atoms with van der Waals surface area (Å²) in [5.41, 5.74) is 2.17. The van der Waals surface area contributed by atoms with Crippen LogP contribution in [0.5, 0.6) is 5.75 Å². The van der Waals surface area contributed by atoms with Crippen molar-refractivity contribution in [2.45, 2.75) is 5.51 Å². The normalized spacial score (nSPS) is 11.9. The third-order valence-electron chi connectivity index (χ3n) is 11.0. The molecule has 10 aromatic rings. The molecule has 5 nitrogen and oxygen atoms in total. The molecule has 0 radical (unpaired) electrons. The van der Waals surface area contributed by atoms with Gasteiger partial charge >= 0.3 is 15.6 Å². The van der Waals surface area contributed by atoms with Gasteiger partial charge in [-0.1, -0.05) is 140 Å². The number of alkyl halides is 3. The van der Waals surface area contributed by atoms with Crippen molar-refractivity contribution < 1.29 is 25.8 Å². The number of halogens is 3. The zero-order valence-electron chi connectivity index (χ0n) is 33.3. The summed E-state index contributed by atoms with van der Waals surface area (Å²) in [6.07, 6.45) is 0. The molecule has 0 aliphatic carbocycles. The molecular formula is C53H35F3N2O3S2. The van der Waals surface area contributed by atoms with Crippen molar-refractivity contribution in [3.8, 4) is 28.0 Å². The van der Waals surface area contributed by atoms with Crippen LogP contribution in [-0.2, 0) is 10.1 Å². The first-order valence-corrected chi connectivity index (χ1v) is 22.3. The second kappa shape index (κ2) is 16.1. The highest BCUT2D eigenvalue weighted by Crippen LogP contribution is 2.50. The number of benzene rings is 9. The number of para-hydroxylation sites is 5. The van der Waals surface area contributed by atoms with Crippen LogP contribution in [-0.4, -0.2) is 13.9 Å². The maximum atomic E-state index is 13.9. The van der Waals surface area contributed by atoms with E-state index in [0.717, 1.165) is 59.1 Å². The lowest BCUT2D eigenvalue weighted by atomic mass is 9.94. The molecule has 0 atom stereocenters. The van der Waals surface area contributed by atoms with Crippen LogP contribution >= 0.6 is 11.3 Å². The molecule has 0 N–H and O–H groups in total. The zero-order valence-corrected chi connectivity index (χ0v) is 34.9. The molecule has 0 fully saturated rings. The van der Waals surface area contributed by atoms with Crippen LogP contribution in [0.1, 0.15) is 0 Å². The molecule has 0 amide bonds. The molecule has 0 saturated heterocycles. The Balaban J connectivity index is 1.09. The van der Waals surface area contributed by atoms with E-state index < -0.39 is 21.4 Å². The Morgan fingerprint density at radius 1 is 0.429 bits per heavy atom. The van der Waals surface area contributed by atoms with Crippen molar-refractivity contribution in [3.63, 3.8) is 0 Å². The van der Waals surface area contributed by atoms with Gasteiger partial charge in [0.2, 0.25) is 0 Å².